The molecule has 0 bridgehead atoms. The molecule has 3 heterocycles. The summed E-state index contributed by atoms with van der Waals surface area (Å²) in [6, 6.07) is 12.6. The third-order valence-electron chi connectivity index (χ3n) is 4.95. The molecule has 1 fully saturated rings. The van der Waals surface area contributed by atoms with E-state index >= 15 is 0 Å². The van der Waals surface area contributed by atoms with Crippen LogP contribution in [0.4, 0.5) is 23.8 Å². The Balaban J connectivity index is 1.24. The average Bonchev–Trinajstić information content (AvgIpc) is 2.76. The van der Waals surface area contributed by atoms with E-state index in [-0.39, 0.29) is 17.8 Å². The molecule has 2 amide bonds. The van der Waals surface area contributed by atoms with Crippen LogP contribution in [0.2, 0.25) is 0 Å². The van der Waals surface area contributed by atoms with Crippen molar-refractivity contribution in [2.24, 2.45) is 5.92 Å². The van der Waals surface area contributed by atoms with Crippen LogP contribution in [0.25, 0.3) is 0 Å². The van der Waals surface area contributed by atoms with E-state index in [0.29, 0.717) is 31.1 Å². The van der Waals surface area contributed by atoms with Crippen LogP contribution in [-0.4, -0.2) is 39.2 Å². The average molecular weight is 455 g/mol. The molecule has 33 heavy (non-hydrogen) atoms. The summed E-state index contributed by atoms with van der Waals surface area (Å²) in [7, 11) is 0. The van der Waals surface area contributed by atoms with Crippen molar-refractivity contribution >= 4 is 11.8 Å². The maximum absolute atomic E-state index is 12.6. The second-order valence-electron chi connectivity index (χ2n) is 7.47. The fourth-order valence-electron chi connectivity index (χ4n) is 3.22. The predicted octanol–water partition coefficient (Wildman–Crippen LogP) is 4.95. The molecule has 1 N–H and O–H groups in total. The number of urea groups is 1. The molecule has 10 heteroatoms. The van der Waals surface area contributed by atoms with E-state index in [1.54, 1.807) is 23.1 Å². The first kappa shape index (κ1) is 22.3. The lowest BCUT2D eigenvalue weighted by atomic mass is 9.99. The predicted molar refractivity (Wildman–Crippen MR) is 115 cm³/mol. The van der Waals surface area contributed by atoms with Crippen molar-refractivity contribution < 1.29 is 22.7 Å². The van der Waals surface area contributed by atoms with Crippen molar-refractivity contribution in [3.8, 4) is 11.6 Å². The van der Waals surface area contributed by atoms with Crippen molar-refractivity contribution in [3.63, 3.8) is 0 Å². The molecule has 3 aromatic rings. The molecule has 1 aliphatic heterocycles. The Morgan fingerprint density at radius 2 is 2.03 bits per heavy atom. The topological polar surface area (TPSA) is 80.2 Å². The van der Waals surface area contributed by atoms with Crippen LogP contribution < -0.4 is 10.1 Å². The fourth-order valence-corrected chi connectivity index (χ4v) is 3.22. The van der Waals surface area contributed by atoms with Gasteiger partial charge in [-0.15, -0.1) is 5.10 Å². The van der Waals surface area contributed by atoms with Gasteiger partial charge in [0.2, 0.25) is 5.88 Å². The summed E-state index contributed by atoms with van der Waals surface area (Å²) in [5.74, 6) is 1.26. The second kappa shape index (κ2) is 9.68. The van der Waals surface area contributed by atoms with E-state index in [1.165, 1.54) is 12.3 Å². The summed E-state index contributed by atoms with van der Waals surface area (Å²) in [5, 5.41) is 10.2. The molecular weight excluding hydrogens is 435 g/mol. The van der Waals surface area contributed by atoms with Gasteiger partial charge < -0.3 is 9.64 Å². The summed E-state index contributed by atoms with van der Waals surface area (Å²) in [5.41, 5.74) is 0.154. The maximum Gasteiger partial charge on any atom is 0.417 e. The first-order valence-electron chi connectivity index (χ1n) is 10.2. The van der Waals surface area contributed by atoms with Crippen molar-refractivity contribution in [3.05, 3.63) is 84.2 Å². The highest BCUT2D eigenvalue weighted by Crippen LogP contribution is 2.30. The summed E-state index contributed by atoms with van der Waals surface area (Å²) in [6.07, 6.45) is 2.59. The number of nitrogens with one attached hydrogen (secondary N) is 1. The summed E-state index contributed by atoms with van der Waals surface area (Å²) in [6.45, 7) is 1.23. The minimum absolute atomic E-state index is 0.0880. The maximum atomic E-state index is 12.6. The van der Waals surface area contributed by atoms with Crippen LogP contribution in [0.3, 0.4) is 0 Å². The number of nitrogens with zero attached hydrogens (tertiary/aromatic N) is 4. The summed E-state index contributed by atoms with van der Waals surface area (Å²) in [4.78, 5) is 17.5. The van der Waals surface area contributed by atoms with Gasteiger partial charge in [-0.05, 0) is 42.3 Å². The molecule has 4 rings (SSSR count). The van der Waals surface area contributed by atoms with Gasteiger partial charge in [0.05, 0.1) is 5.56 Å². The van der Waals surface area contributed by atoms with E-state index in [0.717, 1.165) is 17.8 Å². The van der Waals surface area contributed by atoms with E-state index in [1.807, 2.05) is 24.3 Å². The van der Waals surface area contributed by atoms with Gasteiger partial charge in [-0.3, -0.25) is 5.32 Å². The highest BCUT2D eigenvalue weighted by atomic mass is 19.4. The number of pyridine rings is 1. The number of likely N-dealkylation sites (tertiary alicyclic amines) is 1. The SMILES string of the molecule is O=C(Nc1cccnn1)N1CC(/C=C/Cc2cccc(Oc3ccc(C(F)(F)F)cn3)c2)C1. The van der Waals surface area contributed by atoms with E-state index in [4.69, 9.17) is 4.74 Å². The number of halogens is 3. The van der Waals surface area contributed by atoms with Gasteiger partial charge in [-0.25, -0.2) is 9.78 Å². The molecule has 170 valence electrons. The minimum Gasteiger partial charge on any atom is -0.439 e. The number of carbonyl (C=O) groups excluding carboxylic acids is 1. The quantitative estimate of drug-likeness (QED) is 0.533. The van der Waals surface area contributed by atoms with Gasteiger partial charge >= 0.3 is 12.2 Å². The van der Waals surface area contributed by atoms with Crippen LogP contribution in [0.15, 0.2) is 73.1 Å². The monoisotopic (exact) mass is 455 g/mol. The molecule has 0 spiro atoms. The number of ether oxygens (including phenoxy) is 1. The molecule has 0 aliphatic carbocycles. The molecule has 0 radical (unpaired) electrons. The number of benzene rings is 1. The highest BCUT2D eigenvalue weighted by Gasteiger charge is 2.31. The lowest BCUT2D eigenvalue weighted by molar-refractivity contribution is -0.137. The Morgan fingerprint density at radius 3 is 2.73 bits per heavy atom. The number of alkyl halides is 3. The zero-order valence-electron chi connectivity index (χ0n) is 17.4. The Kier molecular flexibility index (Phi) is 6.53. The van der Waals surface area contributed by atoms with Gasteiger partial charge in [0, 0.05) is 37.5 Å². The smallest absolute Gasteiger partial charge is 0.417 e. The summed E-state index contributed by atoms with van der Waals surface area (Å²) < 4.78 is 43.5. The molecular formula is C23H20F3N5O2. The largest absolute Gasteiger partial charge is 0.439 e. The Labute approximate surface area is 187 Å². The van der Waals surface area contributed by atoms with Crippen molar-refractivity contribution in [1.29, 1.82) is 0 Å². The lowest BCUT2D eigenvalue weighted by Crippen LogP contribution is -2.51. The number of hydrogen-bond acceptors (Lipinski definition) is 5. The number of amides is 2. The van der Waals surface area contributed by atoms with Crippen LogP contribution in [-0.2, 0) is 12.6 Å². The number of anilines is 1. The molecule has 1 aromatic carbocycles. The van der Waals surface area contributed by atoms with Crippen molar-refractivity contribution in [2.45, 2.75) is 12.6 Å². The Morgan fingerprint density at radius 1 is 1.18 bits per heavy atom. The first-order chi connectivity index (χ1) is 15.9. The number of hydrogen-bond donors (Lipinski definition) is 1. The normalized spacial score (nSPS) is 14.2. The Bertz CT molecular complexity index is 1110. The third kappa shape index (κ3) is 6.06. The number of aromatic nitrogens is 3. The van der Waals surface area contributed by atoms with Gasteiger partial charge in [-0.1, -0.05) is 24.3 Å². The van der Waals surface area contributed by atoms with Crippen LogP contribution >= 0.6 is 0 Å². The standard InChI is InChI=1S/C23H20F3N5O2/c24-23(25,26)18-9-10-21(27-13-18)33-19-7-2-5-16(12-19)4-1-6-17-14-31(15-17)22(32)29-20-8-3-11-28-30-20/h1-3,5-13,17H,4,14-15H2,(H,29,30,32)/b6-1+. The fraction of sp³-hybridized carbons (Fsp3) is 0.217. The molecule has 7 nitrogen and oxygen atoms in total. The van der Waals surface area contributed by atoms with Crippen LogP contribution in [0.5, 0.6) is 11.6 Å². The van der Waals surface area contributed by atoms with Crippen LogP contribution in [0, 0.1) is 5.92 Å². The molecule has 0 atom stereocenters. The second-order valence-corrected chi connectivity index (χ2v) is 7.47. The van der Waals surface area contributed by atoms with E-state index in [2.05, 4.69) is 26.6 Å². The van der Waals surface area contributed by atoms with Gasteiger partial charge in [-0.2, -0.15) is 18.3 Å². The lowest BCUT2D eigenvalue weighted by Gasteiger charge is -2.37. The van der Waals surface area contributed by atoms with E-state index < -0.39 is 11.7 Å². The van der Waals surface area contributed by atoms with Crippen molar-refractivity contribution in [2.75, 3.05) is 18.4 Å². The van der Waals surface area contributed by atoms with Gasteiger partial charge in [0.15, 0.2) is 5.82 Å². The zero-order valence-corrected chi connectivity index (χ0v) is 17.4. The number of carbonyl (C=O) groups is 1. The molecule has 1 saturated heterocycles. The first-order valence-corrected chi connectivity index (χ1v) is 10.2. The Hall–Kier alpha value is -3.95. The summed E-state index contributed by atoms with van der Waals surface area (Å²) >= 11 is 0. The van der Waals surface area contributed by atoms with Crippen molar-refractivity contribution in [1.82, 2.24) is 20.1 Å². The number of rotatable bonds is 6. The van der Waals surface area contributed by atoms with Crippen LogP contribution in [0.1, 0.15) is 11.1 Å². The van der Waals surface area contributed by atoms with E-state index in [9.17, 15) is 18.0 Å². The highest BCUT2D eigenvalue weighted by molar-refractivity contribution is 5.88. The molecule has 2 aromatic heterocycles. The molecule has 1 aliphatic rings. The van der Waals surface area contributed by atoms with Gasteiger partial charge in [0.25, 0.3) is 0 Å². The molecule has 0 saturated carbocycles. The number of allylic oxidation sites excluding steroid dienone is 1. The van der Waals surface area contributed by atoms with Gasteiger partial charge in [0.1, 0.15) is 5.75 Å². The molecule has 0 unspecified atom stereocenters. The zero-order chi connectivity index (χ0) is 23.3. The third-order valence-corrected chi connectivity index (χ3v) is 4.95. The minimum atomic E-state index is -4.43.